The van der Waals surface area contributed by atoms with E-state index in [1.165, 1.54) is 0 Å². The second-order valence-electron chi connectivity index (χ2n) is 3.64. The smallest absolute Gasteiger partial charge is 0.122 e. The van der Waals surface area contributed by atoms with Gasteiger partial charge in [-0.1, -0.05) is 0 Å². The van der Waals surface area contributed by atoms with Gasteiger partial charge in [0, 0.05) is 36.7 Å². The highest BCUT2D eigenvalue weighted by Gasteiger charge is 2.02. The van der Waals surface area contributed by atoms with Gasteiger partial charge in [0.25, 0.3) is 0 Å². The molecule has 0 saturated carbocycles. The molecular weight excluding hydrogens is 204 g/mol. The van der Waals surface area contributed by atoms with E-state index in [0.29, 0.717) is 5.69 Å². The van der Waals surface area contributed by atoms with Gasteiger partial charge in [0.2, 0.25) is 0 Å². The van der Waals surface area contributed by atoms with Crippen LogP contribution in [0.4, 0.5) is 11.4 Å². The van der Waals surface area contributed by atoms with E-state index >= 15 is 0 Å². The lowest BCUT2D eigenvalue weighted by atomic mass is 10.2. The van der Waals surface area contributed by atoms with Crippen molar-refractivity contribution in [2.24, 2.45) is 0 Å². The van der Waals surface area contributed by atoms with Gasteiger partial charge >= 0.3 is 0 Å². The van der Waals surface area contributed by atoms with Gasteiger partial charge in [-0.25, -0.2) is 0 Å². The average Bonchev–Trinajstić information content (AvgIpc) is 2.26. The molecule has 0 aliphatic rings. The first kappa shape index (κ1) is 12.6. The summed E-state index contributed by atoms with van der Waals surface area (Å²) in [6.07, 6.45) is 0.178. The molecule has 90 valence electrons. The Morgan fingerprint density at radius 3 is 2.75 bits per heavy atom. The summed E-state index contributed by atoms with van der Waals surface area (Å²) in [5, 5.41) is 3.26. The van der Waals surface area contributed by atoms with Gasteiger partial charge in [-0.2, -0.15) is 0 Å². The minimum atomic E-state index is 0.178. The third-order valence-electron chi connectivity index (χ3n) is 2.21. The van der Waals surface area contributed by atoms with E-state index in [4.69, 9.17) is 15.2 Å². The summed E-state index contributed by atoms with van der Waals surface area (Å²) < 4.78 is 10.6. The Bertz CT molecular complexity index is 329. The highest BCUT2D eigenvalue weighted by molar-refractivity contribution is 5.59. The van der Waals surface area contributed by atoms with Crippen molar-refractivity contribution in [2.45, 2.75) is 20.0 Å². The molecule has 1 aromatic carbocycles. The van der Waals surface area contributed by atoms with Gasteiger partial charge in [-0.3, -0.25) is 0 Å². The van der Waals surface area contributed by atoms with Crippen LogP contribution in [0.25, 0.3) is 0 Å². The van der Waals surface area contributed by atoms with Crippen LogP contribution < -0.4 is 15.8 Å². The van der Waals surface area contributed by atoms with E-state index in [2.05, 4.69) is 5.32 Å². The molecule has 4 nitrogen and oxygen atoms in total. The van der Waals surface area contributed by atoms with Crippen LogP contribution >= 0.6 is 0 Å². The summed E-state index contributed by atoms with van der Waals surface area (Å²) in [5.41, 5.74) is 7.38. The van der Waals surface area contributed by atoms with Crippen LogP contribution in [0, 0.1) is 0 Å². The van der Waals surface area contributed by atoms with Crippen molar-refractivity contribution in [3.8, 4) is 5.75 Å². The van der Waals surface area contributed by atoms with Gasteiger partial charge < -0.3 is 20.5 Å². The SMILES string of the molecule is CCOC(C)CNc1cc(N)cc(OC)c1. The number of anilines is 2. The largest absolute Gasteiger partial charge is 0.497 e. The first-order valence-corrected chi connectivity index (χ1v) is 5.45. The highest BCUT2D eigenvalue weighted by Crippen LogP contribution is 2.22. The second-order valence-corrected chi connectivity index (χ2v) is 3.64. The van der Waals surface area contributed by atoms with Crippen molar-refractivity contribution in [3.63, 3.8) is 0 Å². The summed E-state index contributed by atoms with van der Waals surface area (Å²) in [7, 11) is 1.63. The maximum atomic E-state index is 5.75. The van der Waals surface area contributed by atoms with E-state index in [0.717, 1.165) is 24.6 Å². The minimum Gasteiger partial charge on any atom is -0.497 e. The highest BCUT2D eigenvalue weighted by atomic mass is 16.5. The van der Waals surface area contributed by atoms with Gasteiger partial charge in [-0.15, -0.1) is 0 Å². The molecular formula is C12H20N2O2. The fraction of sp³-hybridized carbons (Fsp3) is 0.500. The molecule has 1 unspecified atom stereocenters. The molecule has 0 bridgehead atoms. The maximum absolute atomic E-state index is 5.75. The Morgan fingerprint density at radius 1 is 1.38 bits per heavy atom. The molecule has 0 fully saturated rings. The van der Waals surface area contributed by atoms with Crippen molar-refractivity contribution in [2.75, 3.05) is 31.3 Å². The van der Waals surface area contributed by atoms with Gasteiger partial charge in [0.05, 0.1) is 13.2 Å². The first-order valence-electron chi connectivity index (χ1n) is 5.45. The lowest BCUT2D eigenvalue weighted by Crippen LogP contribution is -2.19. The number of nitrogen functional groups attached to an aromatic ring is 1. The van der Waals surface area contributed by atoms with Gasteiger partial charge in [0.15, 0.2) is 0 Å². The summed E-state index contributed by atoms with van der Waals surface area (Å²) >= 11 is 0. The van der Waals surface area contributed by atoms with Crippen molar-refractivity contribution >= 4 is 11.4 Å². The zero-order chi connectivity index (χ0) is 12.0. The lowest BCUT2D eigenvalue weighted by molar-refractivity contribution is 0.0855. The summed E-state index contributed by atoms with van der Waals surface area (Å²) in [5.74, 6) is 0.756. The molecule has 0 amide bonds. The number of hydrogen-bond acceptors (Lipinski definition) is 4. The molecule has 0 aromatic heterocycles. The summed E-state index contributed by atoms with van der Waals surface area (Å²) in [6.45, 7) is 5.49. The Hall–Kier alpha value is -1.42. The van der Waals surface area contributed by atoms with Crippen molar-refractivity contribution in [1.82, 2.24) is 0 Å². The van der Waals surface area contributed by atoms with Crippen LogP contribution in [0.2, 0.25) is 0 Å². The molecule has 0 saturated heterocycles. The van der Waals surface area contributed by atoms with E-state index in [1.807, 2.05) is 26.0 Å². The van der Waals surface area contributed by atoms with Crippen LogP contribution in [-0.4, -0.2) is 26.4 Å². The van der Waals surface area contributed by atoms with E-state index in [9.17, 15) is 0 Å². The van der Waals surface area contributed by atoms with Crippen LogP contribution in [0.1, 0.15) is 13.8 Å². The molecule has 0 aliphatic heterocycles. The molecule has 0 radical (unpaired) electrons. The Balaban J connectivity index is 2.56. The zero-order valence-corrected chi connectivity index (χ0v) is 10.1. The number of benzene rings is 1. The quantitative estimate of drug-likeness (QED) is 0.727. The molecule has 4 heteroatoms. The summed E-state index contributed by atoms with van der Waals surface area (Å²) in [4.78, 5) is 0. The zero-order valence-electron chi connectivity index (χ0n) is 10.1. The summed E-state index contributed by atoms with van der Waals surface area (Å²) in [6, 6.07) is 5.58. The van der Waals surface area contributed by atoms with Crippen LogP contribution in [0.15, 0.2) is 18.2 Å². The third-order valence-corrected chi connectivity index (χ3v) is 2.21. The Labute approximate surface area is 96.7 Å². The number of ether oxygens (including phenoxy) is 2. The topological polar surface area (TPSA) is 56.5 Å². The average molecular weight is 224 g/mol. The fourth-order valence-corrected chi connectivity index (χ4v) is 1.45. The molecule has 1 atom stereocenters. The predicted octanol–water partition coefficient (Wildman–Crippen LogP) is 2.11. The van der Waals surface area contributed by atoms with E-state index < -0.39 is 0 Å². The third kappa shape index (κ3) is 3.98. The van der Waals surface area contributed by atoms with Crippen LogP contribution in [0.5, 0.6) is 5.75 Å². The standard InChI is InChI=1S/C12H20N2O2/c1-4-16-9(2)8-14-11-5-10(13)6-12(7-11)15-3/h5-7,9,14H,4,8,13H2,1-3H3. The Morgan fingerprint density at radius 2 is 2.12 bits per heavy atom. The normalized spacial score (nSPS) is 12.2. The van der Waals surface area contributed by atoms with E-state index in [-0.39, 0.29) is 6.10 Å². The minimum absolute atomic E-state index is 0.178. The number of methoxy groups -OCH3 is 1. The molecule has 16 heavy (non-hydrogen) atoms. The van der Waals surface area contributed by atoms with E-state index in [1.54, 1.807) is 13.2 Å². The Kier molecular flexibility index (Phi) is 4.92. The van der Waals surface area contributed by atoms with Gasteiger partial charge in [0.1, 0.15) is 5.75 Å². The molecule has 1 aromatic rings. The number of rotatable bonds is 6. The van der Waals surface area contributed by atoms with Crippen LogP contribution in [-0.2, 0) is 4.74 Å². The number of nitrogens with two attached hydrogens (primary N) is 1. The molecule has 1 rings (SSSR count). The van der Waals surface area contributed by atoms with Crippen molar-refractivity contribution in [3.05, 3.63) is 18.2 Å². The predicted molar refractivity (Wildman–Crippen MR) is 67.0 cm³/mol. The van der Waals surface area contributed by atoms with Gasteiger partial charge in [-0.05, 0) is 19.9 Å². The first-order chi connectivity index (χ1) is 7.65. The van der Waals surface area contributed by atoms with Crippen molar-refractivity contribution in [1.29, 1.82) is 0 Å². The molecule has 0 heterocycles. The van der Waals surface area contributed by atoms with Crippen LogP contribution in [0.3, 0.4) is 0 Å². The monoisotopic (exact) mass is 224 g/mol. The second kappa shape index (κ2) is 6.23. The lowest BCUT2D eigenvalue weighted by Gasteiger charge is -2.14. The molecule has 0 spiro atoms. The number of hydrogen-bond donors (Lipinski definition) is 2. The maximum Gasteiger partial charge on any atom is 0.122 e. The number of nitrogens with one attached hydrogen (secondary N) is 1. The van der Waals surface area contributed by atoms with Crippen molar-refractivity contribution < 1.29 is 9.47 Å². The fourth-order valence-electron chi connectivity index (χ4n) is 1.45. The molecule has 0 aliphatic carbocycles. The molecule has 3 N–H and O–H groups in total.